The second-order valence-corrected chi connectivity index (χ2v) is 6.65. The van der Waals surface area contributed by atoms with E-state index in [9.17, 15) is 4.79 Å². The van der Waals surface area contributed by atoms with Gasteiger partial charge in [0.2, 0.25) is 0 Å². The van der Waals surface area contributed by atoms with Gasteiger partial charge in [0.05, 0.1) is 17.6 Å². The minimum absolute atomic E-state index is 0.149. The highest BCUT2D eigenvalue weighted by Gasteiger charge is 2.53. The van der Waals surface area contributed by atoms with Gasteiger partial charge in [-0.1, -0.05) is 27.7 Å². The van der Waals surface area contributed by atoms with Crippen LogP contribution in [-0.2, 0) is 9.53 Å². The second-order valence-electron chi connectivity index (χ2n) is 6.65. The van der Waals surface area contributed by atoms with Crippen LogP contribution in [0.2, 0.25) is 0 Å². The Morgan fingerprint density at radius 3 is 2.11 bits per heavy atom. The molecule has 2 aliphatic carbocycles. The first-order valence-corrected chi connectivity index (χ1v) is 7.70. The highest BCUT2D eigenvalue weighted by Crippen LogP contribution is 2.47. The summed E-state index contributed by atoms with van der Waals surface area (Å²) in [5.41, 5.74) is -0.149. The van der Waals surface area contributed by atoms with Crippen molar-refractivity contribution in [3.8, 4) is 0 Å². The second kappa shape index (κ2) is 5.32. The van der Waals surface area contributed by atoms with E-state index in [4.69, 9.17) is 4.74 Å². The molecule has 2 aliphatic rings. The average Bonchev–Trinajstić information content (AvgIpc) is 2.29. The van der Waals surface area contributed by atoms with Crippen molar-refractivity contribution < 1.29 is 9.53 Å². The van der Waals surface area contributed by atoms with Crippen molar-refractivity contribution in [3.63, 3.8) is 0 Å². The Kier molecular flexibility index (Phi) is 4.15. The lowest BCUT2D eigenvalue weighted by molar-refractivity contribution is -0.178. The highest BCUT2D eigenvalue weighted by molar-refractivity contribution is 5.92. The first-order chi connectivity index (χ1) is 8.51. The number of hydrogen-bond donors (Lipinski definition) is 0. The zero-order chi connectivity index (χ0) is 13.3. The van der Waals surface area contributed by atoms with Gasteiger partial charge in [-0.05, 0) is 43.9 Å². The van der Waals surface area contributed by atoms with Crippen LogP contribution in [0.3, 0.4) is 0 Å². The summed E-state index contributed by atoms with van der Waals surface area (Å²) in [5.74, 6) is 1.97. The van der Waals surface area contributed by atoms with Crippen LogP contribution in [0.1, 0.15) is 66.2 Å². The molecule has 0 N–H and O–H groups in total. The van der Waals surface area contributed by atoms with E-state index in [1.807, 2.05) is 0 Å². The number of rotatable bonds is 4. The van der Waals surface area contributed by atoms with Crippen LogP contribution in [0.25, 0.3) is 0 Å². The van der Waals surface area contributed by atoms with Gasteiger partial charge in [-0.15, -0.1) is 0 Å². The van der Waals surface area contributed by atoms with Crippen LogP contribution in [0, 0.1) is 17.3 Å². The standard InChI is InChI=1S/C16H28O2/c1-5-16(6-2)14(17)10-15(16)18-13-8-11(3)7-12(4)9-13/h11-13,15H,5-10H2,1-4H3. The number of Topliss-reactive ketones (excluding diaryl/α,β-unsaturated/α-hetero) is 1. The summed E-state index contributed by atoms with van der Waals surface area (Å²) in [6.45, 7) is 8.90. The van der Waals surface area contributed by atoms with E-state index in [1.165, 1.54) is 19.3 Å². The Morgan fingerprint density at radius 1 is 1.11 bits per heavy atom. The minimum atomic E-state index is -0.149. The minimum Gasteiger partial charge on any atom is -0.373 e. The summed E-state index contributed by atoms with van der Waals surface area (Å²) in [6.07, 6.45) is 6.80. The van der Waals surface area contributed by atoms with E-state index in [2.05, 4.69) is 27.7 Å². The summed E-state index contributed by atoms with van der Waals surface area (Å²) >= 11 is 0. The Morgan fingerprint density at radius 2 is 1.67 bits per heavy atom. The van der Waals surface area contributed by atoms with Crippen LogP contribution in [0.5, 0.6) is 0 Å². The molecular weight excluding hydrogens is 224 g/mol. The Hall–Kier alpha value is -0.370. The molecular formula is C16H28O2. The molecule has 0 amide bonds. The maximum atomic E-state index is 11.9. The molecule has 2 nitrogen and oxygen atoms in total. The molecule has 104 valence electrons. The molecule has 0 bridgehead atoms. The van der Waals surface area contributed by atoms with Crippen molar-refractivity contribution in [3.05, 3.63) is 0 Å². The SMILES string of the molecule is CCC1(CC)C(=O)CC1OC1CC(C)CC(C)C1. The smallest absolute Gasteiger partial charge is 0.144 e. The summed E-state index contributed by atoms with van der Waals surface area (Å²) in [4.78, 5) is 11.9. The number of hydrogen-bond acceptors (Lipinski definition) is 2. The third kappa shape index (κ3) is 2.36. The van der Waals surface area contributed by atoms with E-state index in [1.54, 1.807) is 0 Å². The predicted molar refractivity (Wildman–Crippen MR) is 73.5 cm³/mol. The van der Waals surface area contributed by atoms with E-state index >= 15 is 0 Å². The van der Waals surface area contributed by atoms with Gasteiger partial charge in [-0.25, -0.2) is 0 Å². The third-order valence-corrected chi connectivity index (χ3v) is 5.30. The number of carbonyl (C=O) groups excluding carboxylic acids is 1. The summed E-state index contributed by atoms with van der Waals surface area (Å²) < 4.78 is 6.32. The lowest BCUT2D eigenvalue weighted by atomic mass is 9.61. The van der Waals surface area contributed by atoms with Gasteiger partial charge in [-0.2, -0.15) is 0 Å². The molecule has 0 aromatic carbocycles. The maximum absolute atomic E-state index is 11.9. The lowest BCUT2D eigenvalue weighted by Gasteiger charge is -2.49. The van der Waals surface area contributed by atoms with Gasteiger partial charge < -0.3 is 4.74 Å². The van der Waals surface area contributed by atoms with Gasteiger partial charge >= 0.3 is 0 Å². The number of ketones is 1. The molecule has 18 heavy (non-hydrogen) atoms. The quantitative estimate of drug-likeness (QED) is 0.756. The summed E-state index contributed by atoms with van der Waals surface area (Å²) in [7, 11) is 0. The van der Waals surface area contributed by atoms with E-state index in [-0.39, 0.29) is 11.5 Å². The predicted octanol–water partition coefficient (Wildman–Crippen LogP) is 3.98. The molecule has 2 rings (SSSR count). The average molecular weight is 252 g/mol. The molecule has 2 fully saturated rings. The van der Waals surface area contributed by atoms with Crippen molar-refractivity contribution in [2.75, 3.05) is 0 Å². The molecule has 0 saturated heterocycles. The molecule has 2 heteroatoms. The first kappa shape index (κ1) is 14.0. The van der Waals surface area contributed by atoms with Gasteiger partial charge in [-0.3, -0.25) is 4.79 Å². The van der Waals surface area contributed by atoms with Crippen LogP contribution in [-0.4, -0.2) is 18.0 Å². The zero-order valence-corrected chi connectivity index (χ0v) is 12.4. The lowest BCUT2D eigenvalue weighted by Crippen LogP contribution is -2.56. The van der Waals surface area contributed by atoms with Crippen LogP contribution in [0.15, 0.2) is 0 Å². The molecule has 0 heterocycles. The zero-order valence-electron chi connectivity index (χ0n) is 12.4. The van der Waals surface area contributed by atoms with E-state index in [0.29, 0.717) is 18.3 Å². The number of carbonyl (C=O) groups is 1. The third-order valence-electron chi connectivity index (χ3n) is 5.30. The van der Waals surface area contributed by atoms with Crippen molar-refractivity contribution >= 4 is 5.78 Å². The van der Waals surface area contributed by atoms with E-state index in [0.717, 1.165) is 24.7 Å². The topological polar surface area (TPSA) is 26.3 Å². The highest BCUT2D eigenvalue weighted by atomic mass is 16.5. The normalized spacial score (nSPS) is 39.4. The van der Waals surface area contributed by atoms with Gasteiger partial charge in [0, 0.05) is 6.42 Å². The van der Waals surface area contributed by atoms with Crippen molar-refractivity contribution in [1.29, 1.82) is 0 Å². The van der Waals surface area contributed by atoms with Crippen LogP contribution in [0.4, 0.5) is 0 Å². The number of ether oxygens (including phenoxy) is 1. The van der Waals surface area contributed by atoms with Crippen LogP contribution < -0.4 is 0 Å². The van der Waals surface area contributed by atoms with E-state index < -0.39 is 0 Å². The molecule has 3 unspecified atom stereocenters. The maximum Gasteiger partial charge on any atom is 0.144 e. The Bertz CT molecular complexity index is 296. The largest absolute Gasteiger partial charge is 0.373 e. The fourth-order valence-electron chi connectivity index (χ4n) is 4.11. The Labute approximate surface area is 111 Å². The van der Waals surface area contributed by atoms with Crippen molar-refractivity contribution in [2.24, 2.45) is 17.3 Å². The summed E-state index contributed by atoms with van der Waals surface area (Å²) in [6, 6.07) is 0. The first-order valence-electron chi connectivity index (χ1n) is 7.70. The molecule has 0 aromatic heterocycles. The molecule has 0 aromatic rings. The fourth-order valence-corrected chi connectivity index (χ4v) is 4.11. The van der Waals surface area contributed by atoms with Crippen molar-refractivity contribution in [2.45, 2.75) is 78.4 Å². The molecule has 0 radical (unpaired) electrons. The van der Waals surface area contributed by atoms with Crippen LogP contribution >= 0.6 is 0 Å². The van der Waals surface area contributed by atoms with Crippen molar-refractivity contribution in [1.82, 2.24) is 0 Å². The molecule has 0 aliphatic heterocycles. The van der Waals surface area contributed by atoms with Gasteiger partial charge in [0.25, 0.3) is 0 Å². The van der Waals surface area contributed by atoms with Gasteiger partial charge in [0.1, 0.15) is 5.78 Å². The molecule has 0 spiro atoms. The molecule has 2 saturated carbocycles. The van der Waals surface area contributed by atoms with Gasteiger partial charge in [0.15, 0.2) is 0 Å². The molecule has 3 atom stereocenters. The summed E-state index contributed by atoms with van der Waals surface area (Å²) in [5, 5.41) is 0. The Balaban J connectivity index is 1.95. The fraction of sp³-hybridized carbons (Fsp3) is 0.938. The monoisotopic (exact) mass is 252 g/mol.